The fourth-order valence-corrected chi connectivity index (χ4v) is 4.32. The molecule has 0 saturated carbocycles. The summed E-state index contributed by atoms with van der Waals surface area (Å²) in [4.78, 5) is 4.75. The number of methoxy groups -OCH3 is 1. The maximum Gasteiger partial charge on any atom is 0.321 e. The van der Waals surface area contributed by atoms with Crippen LogP contribution in [0.3, 0.4) is 0 Å². The summed E-state index contributed by atoms with van der Waals surface area (Å²) in [6, 6.07) is 10.3. The summed E-state index contributed by atoms with van der Waals surface area (Å²) < 4.78 is 37.7. The molecule has 0 bridgehead atoms. The number of rotatable bonds is 10. The highest BCUT2D eigenvalue weighted by molar-refractivity contribution is 7.93. The molecule has 1 aliphatic rings. The van der Waals surface area contributed by atoms with Crippen molar-refractivity contribution in [3.8, 4) is 0 Å². The summed E-state index contributed by atoms with van der Waals surface area (Å²) in [6.07, 6.45) is 5.11. The molecule has 9 heteroatoms. The van der Waals surface area contributed by atoms with Crippen LogP contribution in [-0.4, -0.2) is 38.8 Å². The predicted molar refractivity (Wildman–Crippen MR) is 111 cm³/mol. The van der Waals surface area contributed by atoms with Gasteiger partial charge >= 0.3 is 6.01 Å². The van der Waals surface area contributed by atoms with Crippen molar-refractivity contribution in [2.24, 2.45) is 0 Å². The Kier molecular flexibility index (Phi) is 7.05. The summed E-state index contributed by atoms with van der Waals surface area (Å²) in [7, 11) is -1.94. The van der Waals surface area contributed by atoms with E-state index >= 15 is 0 Å². The second-order valence-corrected chi connectivity index (χ2v) is 8.44. The van der Waals surface area contributed by atoms with E-state index in [0.717, 1.165) is 17.7 Å². The van der Waals surface area contributed by atoms with Crippen LogP contribution in [0.5, 0.6) is 0 Å². The monoisotopic (exact) mass is 418 g/mol. The third-order valence-electron chi connectivity index (χ3n) is 4.74. The Hall–Kier alpha value is -2.65. The smallest absolute Gasteiger partial charge is 0.321 e. The van der Waals surface area contributed by atoms with Crippen molar-refractivity contribution in [3.63, 3.8) is 0 Å². The molecular weight excluding hydrogens is 392 g/mol. The van der Waals surface area contributed by atoms with Crippen molar-refractivity contribution < 1.29 is 17.7 Å². The van der Waals surface area contributed by atoms with Crippen LogP contribution in [0.15, 0.2) is 57.7 Å². The summed E-state index contributed by atoms with van der Waals surface area (Å²) in [5, 5.41) is 7.03. The lowest BCUT2D eigenvalue weighted by atomic mass is 9.96. The number of benzene rings is 1. The zero-order valence-electron chi connectivity index (χ0n) is 16.6. The number of hydrogen-bond donors (Lipinski definition) is 2. The average molecular weight is 419 g/mol. The molecule has 0 spiro atoms. The average Bonchev–Trinajstić information content (AvgIpc) is 3.21. The SMILES string of the molecule is CCC(c1ccccc1)c1noc(NCCNS(=O)(=O)C2=CC=C(OC)CC2)n1. The van der Waals surface area contributed by atoms with Crippen LogP contribution in [-0.2, 0) is 14.8 Å². The molecular formula is C20H26N4O4S. The van der Waals surface area contributed by atoms with Gasteiger partial charge in [-0.15, -0.1) is 0 Å². The van der Waals surface area contributed by atoms with E-state index in [2.05, 4.69) is 27.1 Å². The lowest BCUT2D eigenvalue weighted by Gasteiger charge is -2.14. The van der Waals surface area contributed by atoms with Gasteiger partial charge in [0.05, 0.1) is 17.8 Å². The highest BCUT2D eigenvalue weighted by Gasteiger charge is 2.20. The van der Waals surface area contributed by atoms with Gasteiger partial charge in [0.1, 0.15) is 0 Å². The number of hydrogen-bond acceptors (Lipinski definition) is 7. The van der Waals surface area contributed by atoms with Crippen LogP contribution in [0.25, 0.3) is 0 Å². The zero-order valence-corrected chi connectivity index (χ0v) is 17.4. The quantitative estimate of drug-likeness (QED) is 0.571. The second-order valence-electron chi connectivity index (χ2n) is 6.62. The highest BCUT2D eigenvalue weighted by atomic mass is 32.2. The number of allylic oxidation sites excluding steroid dienone is 4. The number of nitrogens with zero attached hydrogens (tertiary/aromatic N) is 2. The van der Waals surface area contributed by atoms with Gasteiger partial charge in [0.25, 0.3) is 0 Å². The van der Waals surface area contributed by atoms with Gasteiger partial charge in [-0.25, -0.2) is 13.1 Å². The lowest BCUT2D eigenvalue weighted by molar-refractivity contribution is 0.276. The van der Waals surface area contributed by atoms with Gasteiger partial charge in [-0.3, -0.25) is 0 Å². The van der Waals surface area contributed by atoms with Gasteiger partial charge in [0, 0.05) is 25.4 Å². The number of aromatic nitrogens is 2. The van der Waals surface area contributed by atoms with E-state index < -0.39 is 10.0 Å². The Labute approximate surface area is 171 Å². The van der Waals surface area contributed by atoms with Crippen molar-refractivity contribution in [2.75, 3.05) is 25.5 Å². The topological polar surface area (TPSA) is 106 Å². The third kappa shape index (κ3) is 5.45. The first-order valence-corrected chi connectivity index (χ1v) is 11.1. The molecule has 0 radical (unpaired) electrons. The fraction of sp³-hybridized carbons (Fsp3) is 0.400. The molecule has 8 nitrogen and oxygen atoms in total. The molecule has 0 amide bonds. The van der Waals surface area contributed by atoms with Crippen LogP contribution in [0.2, 0.25) is 0 Å². The number of sulfonamides is 1. The molecule has 0 fully saturated rings. The van der Waals surface area contributed by atoms with Crippen LogP contribution in [0.1, 0.15) is 43.5 Å². The summed E-state index contributed by atoms with van der Waals surface area (Å²) in [5.41, 5.74) is 1.13. The minimum Gasteiger partial charge on any atom is -0.501 e. The Morgan fingerprint density at radius 1 is 1.17 bits per heavy atom. The highest BCUT2D eigenvalue weighted by Crippen LogP contribution is 2.26. The Bertz CT molecular complexity index is 967. The molecule has 3 rings (SSSR count). The van der Waals surface area contributed by atoms with E-state index in [-0.39, 0.29) is 18.5 Å². The normalized spacial score (nSPS) is 15.4. The van der Waals surface area contributed by atoms with Crippen LogP contribution >= 0.6 is 0 Å². The lowest BCUT2D eigenvalue weighted by Crippen LogP contribution is -2.30. The first kappa shape index (κ1) is 21.1. The van der Waals surface area contributed by atoms with Gasteiger partial charge in [-0.2, -0.15) is 4.98 Å². The maximum absolute atomic E-state index is 12.4. The second kappa shape index (κ2) is 9.71. The van der Waals surface area contributed by atoms with Crippen molar-refractivity contribution in [3.05, 3.63) is 64.5 Å². The molecule has 0 saturated heterocycles. The van der Waals surface area contributed by atoms with E-state index in [1.807, 2.05) is 30.3 Å². The summed E-state index contributed by atoms with van der Waals surface area (Å²) in [5.74, 6) is 1.44. The third-order valence-corrected chi connectivity index (χ3v) is 6.35. The van der Waals surface area contributed by atoms with E-state index in [0.29, 0.717) is 30.1 Å². The van der Waals surface area contributed by atoms with Gasteiger partial charge in [0.2, 0.25) is 10.0 Å². The van der Waals surface area contributed by atoms with E-state index in [4.69, 9.17) is 9.26 Å². The van der Waals surface area contributed by atoms with Crippen LogP contribution in [0.4, 0.5) is 6.01 Å². The summed E-state index contributed by atoms with van der Waals surface area (Å²) in [6.45, 7) is 2.60. The number of ether oxygens (including phenoxy) is 1. The molecule has 1 heterocycles. The molecule has 2 N–H and O–H groups in total. The predicted octanol–water partition coefficient (Wildman–Crippen LogP) is 3.15. The van der Waals surface area contributed by atoms with Crippen molar-refractivity contribution in [1.82, 2.24) is 14.9 Å². The molecule has 2 aromatic rings. The van der Waals surface area contributed by atoms with Gasteiger partial charge < -0.3 is 14.6 Å². The largest absolute Gasteiger partial charge is 0.501 e. The molecule has 29 heavy (non-hydrogen) atoms. The van der Waals surface area contributed by atoms with Crippen molar-refractivity contribution >= 4 is 16.0 Å². The molecule has 156 valence electrons. The maximum atomic E-state index is 12.4. The zero-order chi connectivity index (χ0) is 20.7. The van der Waals surface area contributed by atoms with E-state index in [1.165, 1.54) is 0 Å². The molecule has 0 aliphatic heterocycles. The van der Waals surface area contributed by atoms with E-state index in [1.54, 1.807) is 19.3 Å². The Morgan fingerprint density at radius 3 is 2.62 bits per heavy atom. The van der Waals surface area contributed by atoms with Gasteiger partial charge in [-0.05, 0) is 30.6 Å². The Morgan fingerprint density at radius 2 is 1.97 bits per heavy atom. The molecule has 1 atom stereocenters. The van der Waals surface area contributed by atoms with Crippen molar-refractivity contribution in [1.29, 1.82) is 0 Å². The molecule has 1 aromatic heterocycles. The summed E-state index contributed by atoms with van der Waals surface area (Å²) >= 11 is 0. The molecule has 1 aliphatic carbocycles. The standard InChI is InChI=1S/C20H26N4O4S/c1-3-18(15-7-5-4-6-8-15)19-23-20(28-24-19)21-13-14-22-29(25,26)17-11-9-16(27-2)10-12-17/h4-9,11,18,22H,3,10,12-14H2,1-2H3,(H,21,23,24). The van der Waals surface area contributed by atoms with Crippen molar-refractivity contribution in [2.45, 2.75) is 32.1 Å². The first-order chi connectivity index (χ1) is 14.0. The molecule has 1 aromatic carbocycles. The molecule has 1 unspecified atom stereocenters. The minimum absolute atomic E-state index is 0.0530. The van der Waals surface area contributed by atoms with E-state index in [9.17, 15) is 8.42 Å². The van der Waals surface area contributed by atoms with Gasteiger partial charge in [0.15, 0.2) is 5.82 Å². The fourth-order valence-electron chi connectivity index (χ4n) is 3.14. The van der Waals surface area contributed by atoms with Crippen LogP contribution < -0.4 is 10.0 Å². The number of anilines is 1. The van der Waals surface area contributed by atoms with Crippen LogP contribution in [0, 0.1) is 0 Å². The Balaban J connectivity index is 1.51. The number of nitrogens with one attached hydrogen (secondary N) is 2. The minimum atomic E-state index is -3.51. The first-order valence-electron chi connectivity index (χ1n) is 9.59. The van der Waals surface area contributed by atoms with Gasteiger partial charge in [-0.1, -0.05) is 42.4 Å².